The second-order valence-corrected chi connectivity index (χ2v) is 4.50. The van der Waals surface area contributed by atoms with Gasteiger partial charge in [-0.15, -0.1) is 0 Å². The monoisotopic (exact) mass is 225 g/mol. The summed E-state index contributed by atoms with van der Waals surface area (Å²) in [6.07, 6.45) is 0. The van der Waals surface area contributed by atoms with E-state index in [2.05, 4.69) is 12.2 Å². The molecule has 0 aliphatic heterocycles. The van der Waals surface area contributed by atoms with Crippen molar-refractivity contribution in [3.8, 4) is 5.75 Å². The maximum Gasteiger partial charge on any atom is 0.119 e. The van der Waals surface area contributed by atoms with Crippen LogP contribution in [0.3, 0.4) is 0 Å². The van der Waals surface area contributed by atoms with Gasteiger partial charge in [-0.05, 0) is 17.9 Å². The Hall–Kier alpha value is -0.670. The van der Waals surface area contributed by atoms with Gasteiger partial charge in [0.1, 0.15) is 12.4 Å². The first-order valence-corrected chi connectivity index (χ1v) is 6.55. The number of thioether (sulfide) groups is 1. The van der Waals surface area contributed by atoms with Crippen molar-refractivity contribution in [2.24, 2.45) is 0 Å². The van der Waals surface area contributed by atoms with Crippen molar-refractivity contribution >= 4 is 11.8 Å². The van der Waals surface area contributed by atoms with E-state index in [1.807, 2.05) is 42.1 Å². The van der Waals surface area contributed by atoms with E-state index in [0.29, 0.717) is 0 Å². The van der Waals surface area contributed by atoms with Crippen LogP contribution in [-0.4, -0.2) is 31.2 Å². The van der Waals surface area contributed by atoms with E-state index in [9.17, 15) is 0 Å². The highest BCUT2D eigenvalue weighted by atomic mass is 32.2. The number of benzene rings is 1. The number of rotatable bonds is 8. The number of hydrogen-bond donors (Lipinski definition) is 1. The van der Waals surface area contributed by atoms with E-state index in [-0.39, 0.29) is 0 Å². The molecule has 15 heavy (non-hydrogen) atoms. The van der Waals surface area contributed by atoms with Crippen LogP contribution >= 0.6 is 11.8 Å². The van der Waals surface area contributed by atoms with Crippen molar-refractivity contribution in [2.45, 2.75) is 6.92 Å². The second-order valence-electron chi connectivity index (χ2n) is 3.11. The maximum absolute atomic E-state index is 5.54. The molecule has 0 spiro atoms. The zero-order chi connectivity index (χ0) is 10.8. The lowest BCUT2D eigenvalue weighted by Crippen LogP contribution is -2.23. The minimum absolute atomic E-state index is 0.737. The summed E-state index contributed by atoms with van der Waals surface area (Å²) >= 11 is 1.96. The molecule has 0 atom stereocenters. The highest BCUT2D eigenvalue weighted by Crippen LogP contribution is 2.07. The lowest BCUT2D eigenvalue weighted by atomic mass is 10.3. The molecule has 0 unspecified atom stereocenters. The summed E-state index contributed by atoms with van der Waals surface area (Å²) in [6.45, 7) is 4.90. The minimum Gasteiger partial charge on any atom is -0.492 e. The molecule has 84 valence electrons. The summed E-state index contributed by atoms with van der Waals surface area (Å²) in [5, 5.41) is 3.34. The maximum atomic E-state index is 5.54. The van der Waals surface area contributed by atoms with Gasteiger partial charge in [-0.3, -0.25) is 0 Å². The van der Waals surface area contributed by atoms with Crippen molar-refractivity contribution in [1.29, 1.82) is 0 Å². The average molecular weight is 225 g/mol. The molecule has 0 heterocycles. The van der Waals surface area contributed by atoms with E-state index in [1.54, 1.807) is 0 Å². The van der Waals surface area contributed by atoms with E-state index >= 15 is 0 Å². The third-order valence-corrected chi connectivity index (χ3v) is 2.82. The molecular formula is C12H19NOS. The highest BCUT2D eigenvalue weighted by Gasteiger charge is 1.91. The van der Waals surface area contributed by atoms with Gasteiger partial charge < -0.3 is 10.1 Å². The van der Waals surface area contributed by atoms with Crippen LogP contribution in [-0.2, 0) is 0 Å². The van der Waals surface area contributed by atoms with E-state index in [1.165, 1.54) is 11.5 Å². The smallest absolute Gasteiger partial charge is 0.119 e. The fraction of sp³-hybridized carbons (Fsp3) is 0.500. The predicted octanol–water partition coefficient (Wildman–Crippen LogP) is 2.41. The van der Waals surface area contributed by atoms with E-state index < -0.39 is 0 Å². The molecule has 0 saturated heterocycles. The number of para-hydroxylation sites is 1. The Morgan fingerprint density at radius 2 is 2.00 bits per heavy atom. The number of nitrogens with one attached hydrogen (secondary N) is 1. The fourth-order valence-electron chi connectivity index (χ4n) is 1.17. The standard InChI is InChI=1S/C12H19NOS/c1-2-15-11-9-13-8-10-14-12-6-4-3-5-7-12/h3-7,13H,2,8-11H2,1H3. The van der Waals surface area contributed by atoms with Crippen molar-refractivity contribution in [1.82, 2.24) is 5.32 Å². The third-order valence-electron chi connectivity index (χ3n) is 1.92. The summed E-state index contributed by atoms with van der Waals surface area (Å²) in [7, 11) is 0. The quantitative estimate of drug-likeness (QED) is 0.687. The Bertz CT molecular complexity index is 241. The molecule has 1 aromatic rings. The Kier molecular flexibility index (Phi) is 7.13. The molecule has 1 aromatic carbocycles. The summed E-state index contributed by atoms with van der Waals surface area (Å²) in [6, 6.07) is 9.92. The second kappa shape index (κ2) is 8.62. The van der Waals surface area contributed by atoms with Gasteiger partial charge in [-0.25, -0.2) is 0 Å². The van der Waals surface area contributed by atoms with Gasteiger partial charge in [0.05, 0.1) is 0 Å². The first kappa shape index (κ1) is 12.4. The van der Waals surface area contributed by atoms with Gasteiger partial charge >= 0.3 is 0 Å². The third kappa shape index (κ3) is 6.42. The Morgan fingerprint density at radius 1 is 1.20 bits per heavy atom. The molecule has 2 nitrogen and oxygen atoms in total. The summed E-state index contributed by atoms with van der Waals surface area (Å²) < 4.78 is 5.54. The van der Waals surface area contributed by atoms with Crippen molar-refractivity contribution < 1.29 is 4.74 Å². The largest absolute Gasteiger partial charge is 0.492 e. The van der Waals surface area contributed by atoms with Crippen LogP contribution in [0.25, 0.3) is 0 Å². The van der Waals surface area contributed by atoms with Gasteiger partial charge in [0.2, 0.25) is 0 Å². The summed E-state index contributed by atoms with van der Waals surface area (Å²) in [4.78, 5) is 0. The van der Waals surface area contributed by atoms with Crippen molar-refractivity contribution in [3.63, 3.8) is 0 Å². The lowest BCUT2D eigenvalue weighted by molar-refractivity contribution is 0.315. The van der Waals surface area contributed by atoms with Crippen LogP contribution in [0.5, 0.6) is 5.75 Å². The molecule has 0 fully saturated rings. The van der Waals surface area contributed by atoms with E-state index in [0.717, 1.165) is 25.4 Å². The first-order valence-electron chi connectivity index (χ1n) is 5.40. The fourth-order valence-corrected chi connectivity index (χ4v) is 1.75. The molecule has 0 saturated carbocycles. The number of ether oxygens (including phenoxy) is 1. The van der Waals surface area contributed by atoms with Gasteiger partial charge in [0, 0.05) is 18.8 Å². The molecule has 0 aliphatic carbocycles. The molecule has 1 N–H and O–H groups in total. The van der Waals surface area contributed by atoms with Crippen molar-refractivity contribution in [3.05, 3.63) is 30.3 Å². The van der Waals surface area contributed by atoms with Crippen LogP contribution in [0.2, 0.25) is 0 Å². The molecular weight excluding hydrogens is 206 g/mol. The molecule has 0 amide bonds. The van der Waals surface area contributed by atoms with Crippen molar-refractivity contribution in [2.75, 3.05) is 31.2 Å². The minimum atomic E-state index is 0.737. The topological polar surface area (TPSA) is 21.3 Å². The van der Waals surface area contributed by atoms with Crippen LogP contribution in [0.15, 0.2) is 30.3 Å². The Labute approximate surface area is 96.4 Å². The van der Waals surface area contributed by atoms with Gasteiger partial charge in [0.25, 0.3) is 0 Å². The highest BCUT2D eigenvalue weighted by molar-refractivity contribution is 7.99. The molecule has 1 rings (SSSR count). The van der Waals surface area contributed by atoms with E-state index in [4.69, 9.17) is 4.74 Å². The average Bonchev–Trinajstić information content (AvgIpc) is 2.29. The Morgan fingerprint density at radius 3 is 2.73 bits per heavy atom. The van der Waals surface area contributed by atoms with Gasteiger partial charge in [-0.1, -0.05) is 25.1 Å². The first-order chi connectivity index (χ1) is 7.43. The zero-order valence-corrected chi connectivity index (χ0v) is 10.1. The van der Waals surface area contributed by atoms with Crippen LogP contribution in [0.4, 0.5) is 0 Å². The van der Waals surface area contributed by atoms with Crippen LogP contribution < -0.4 is 10.1 Å². The molecule has 0 aliphatic rings. The SMILES string of the molecule is CCSCCNCCOc1ccccc1. The normalized spacial score (nSPS) is 10.2. The van der Waals surface area contributed by atoms with Crippen LogP contribution in [0.1, 0.15) is 6.92 Å². The number of hydrogen-bond acceptors (Lipinski definition) is 3. The van der Waals surface area contributed by atoms with Gasteiger partial charge in [0.15, 0.2) is 0 Å². The predicted molar refractivity (Wildman–Crippen MR) is 67.8 cm³/mol. The van der Waals surface area contributed by atoms with Gasteiger partial charge in [-0.2, -0.15) is 11.8 Å². The zero-order valence-electron chi connectivity index (χ0n) is 9.24. The summed E-state index contributed by atoms with van der Waals surface area (Å²) in [5.74, 6) is 3.33. The molecule has 0 bridgehead atoms. The lowest BCUT2D eigenvalue weighted by Gasteiger charge is -2.06. The molecule has 0 radical (unpaired) electrons. The Balaban J connectivity index is 1.93. The van der Waals surface area contributed by atoms with Crippen LogP contribution in [0, 0.1) is 0 Å². The molecule has 0 aromatic heterocycles. The molecule has 3 heteroatoms. The summed E-state index contributed by atoms with van der Waals surface area (Å²) in [5.41, 5.74) is 0.